The van der Waals surface area contributed by atoms with Gasteiger partial charge in [0.15, 0.2) is 0 Å². The molecule has 0 aliphatic carbocycles. The van der Waals surface area contributed by atoms with E-state index >= 15 is 0 Å². The Morgan fingerprint density at radius 3 is 2.94 bits per heavy atom. The van der Waals surface area contributed by atoms with E-state index in [1.165, 1.54) is 25.7 Å². The van der Waals surface area contributed by atoms with Crippen LogP contribution in [-0.2, 0) is 4.74 Å². The fraction of sp³-hybridized carbons (Fsp3) is 0.733. The molecular formula is C15H25NO2. The number of rotatable bonds is 7. The molecule has 0 saturated carbocycles. The Morgan fingerprint density at radius 2 is 2.33 bits per heavy atom. The van der Waals surface area contributed by atoms with Crippen molar-refractivity contribution >= 4 is 0 Å². The quantitative estimate of drug-likeness (QED) is 0.804. The van der Waals surface area contributed by atoms with Gasteiger partial charge in [0.1, 0.15) is 11.5 Å². The molecule has 0 radical (unpaired) electrons. The Bertz CT molecular complexity index is 342. The highest BCUT2D eigenvalue weighted by atomic mass is 16.5. The van der Waals surface area contributed by atoms with Crippen molar-refractivity contribution < 1.29 is 9.15 Å². The second-order valence-electron chi connectivity index (χ2n) is 5.12. The van der Waals surface area contributed by atoms with E-state index in [-0.39, 0.29) is 0 Å². The summed E-state index contributed by atoms with van der Waals surface area (Å²) in [6.45, 7) is 6.07. The van der Waals surface area contributed by atoms with Gasteiger partial charge in [0, 0.05) is 6.61 Å². The molecule has 3 nitrogen and oxygen atoms in total. The predicted octanol–water partition coefficient (Wildman–Crippen LogP) is 3.59. The van der Waals surface area contributed by atoms with Crippen LogP contribution in [0.4, 0.5) is 0 Å². The summed E-state index contributed by atoms with van der Waals surface area (Å²) in [6, 6.07) is 4.49. The first kappa shape index (κ1) is 13.6. The van der Waals surface area contributed by atoms with E-state index in [0.29, 0.717) is 12.1 Å². The maximum absolute atomic E-state index is 5.73. The third-order valence-corrected chi connectivity index (χ3v) is 3.60. The van der Waals surface area contributed by atoms with E-state index in [0.717, 1.165) is 31.1 Å². The number of furan rings is 1. The normalized spacial score (nSPS) is 21.3. The minimum atomic E-state index is 0.352. The standard InChI is InChI=1S/C15H25NO2/c1-3-16-14(15-10-9-12(2)18-15)8-4-6-13-7-5-11-17-13/h9-10,13-14,16H,3-8,11H2,1-2H3. The highest BCUT2D eigenvalue weighted by molar-refractivity contribution is 5.09. The molecule has 1 saturated heterocycles. The molecule has 102 valence electrons. The number of ether oxygens (including phenoxy) is 1. The third-order valence-electron chi connectivity index (χ3n) is 3.60. The van der Waals surface area contributed by atoms with Crippen LogP contribution in [0.3, 0.4) is 0 Å². The van der Waals surface area contributed by atoms with Crippen molar-refractivity contribution in [3.8, 4) is 0 Å². The molecule has 0 amide bonds. The van der Waals surface area contributed by atoms with Crippen molar-refractivity contribution in [2.24, 2.45) is 0 Å². The maximum Gasteiger partial charge on any atom is 0.121 e. The lowest BCUT2D eigenvalue weighted by atomic mass is 10.0. The maximum atomic E-state index is 5.73. The number of aryl methyl sites for hydroxylation is 1. The van der Waals surface area contributed by atoms with E-state index < -0.39 is 0 Å². The predicted molar refractivity (Wildman–Crippen MR) is 72.7 cm³/mol. The van der Waals surface area contributed by atoms with Gasteiger partial charge in [-0.15, -0.1) is 0 Å². The zero-order valence-electron chi connectivity index (χ0n) is 11.6. The molecule has 2 heterocycles. The summed E-state index contributed by atoms with van der Waals surface area (Å²) in [7, 11) is 0. The Labute approximate surface area is 110 Å². The van der Waals surface area contributed by atoms with Crippen molar-refractivity contribution in [2.75, 3.05) is 13.2 Å². The van der Waals surface area contributed by atoms with Crippen LogP contribution in [0, 0.1) is 6.92 Å². The second kappa shape index (κ2) is 6.95. The van der Waals surface area contributed by atoms with Crippen molar-refractivity contribution in [3.63, 3.8) is 0 Å². The highest BCUT2D eigenvalue weighted by Gasteiger charge is 2.18. The van der Waals surface area contributed by atoms with Gasteiger partial charge in [-0.3, -0.25) is 0 Å². The first-order valence-corrected chi connectivity index (χ1v) is 7.21. The number of nitrogens with one attached hydrogen (secondary N) is 1. The molecule has 1 aliphatic heterocycles. The molecule has 0 aromatic carbocycles. The zero-order valence-corrected chi connectivity index (χ0v) is 11.6. The topological polar surface area (TPSA) is 34.4 Å². The molecule has 1 aromatic rings. The molecule has 2 rings (SSSR count). The van der Waals surface area contributed by atoms with Crippen molar-refractivity contribution in [2.45, 2.75) is 58.1 Å². The molecule has 1 aromatic heterocycles. The lowest BCUT2D eigenvalue weighted by Crippen LogP contribution is -2.20. The first-order chi connectivity index (χ1) is 8.79. The Morgan fingerprint density at radius 1 is 1.44 bits per heavy atom. The summed E-state index contributed by atoms with van der Waals surface area (Å²) >= 11 is 0. The lowest BCUT2D eigenvalue weighted by Gasteiger charge is -2.16. The molecule has 1 N–H and O–H groups in total. The molecule has 1 aliphatic rings. The molecule has 0 spiro atoms. The van der Waals surface area contributed by atoms with Gasteiger partial charge in [-0.1, -0.05) is 6.92 Å². The van der Waals surface area contributed by atoms with Crippen molar-refractivity contribution in [1.82, 2.24) is 5.32 Å². The number of hydrogen-bond acceptors (Lipinski definition) is 3. The first-order valence-electron chi connectivity index (χ1n) is 7.21. The van der Waals surface area contributed by atoms with E-state index in [9.17, 15) is 0 Å². The van der Waals surface area contributed by atoms with E-state index in [1.807, 2.05) is 13.0 Å². The van der Waals surface area contributed by atoms with Crippen molar-refractivity contribution in [3.05, 3.63) is 23.7 Å². The summed E-state index contributed by atoms with van der Waals surface area (Å²) in [5.41, 5.74) is 0. The summed E-state index contributed by atoms with van der Waals surface area (Å²) in [5, 5.41) is 3.50. The highest BCUT2D eigenvalue weighted by Crippen LogP contribution is 2.24. The Kier molecular flexibility index (Phi) is 5.26. The van der Waals surface area contributed by atoms with Crippen LogP contribution >= 0.6 is 0 Å². The minimum absolute atomic E-state index is 0.352. The Hall–Kier alpha value is -0.800. The van der Waals surface area contributed by atoms with E-state index in [1.54, 1.807) is 0 Å². The fourth-order valence-electron chi connectivity index (χ4n) is 2.65. The molecule has 18 heavy (non-hydrogen) atoms. The van der Waals surface area contributed by atoms with Crippen LogP contribution in [-0.4, -0.2) is 19.3 Å². The summed E-state index contributed by atoms with van der Waals surface area (Å²) in [6.07, 6.45) is 6.49. The molecule has 2 unspecified atom stereocenters. The van der Waals surface area contributed by atoms with Crippen LogP contribution in [0.5, 0.6) is 0 Å². The fourth-order valence-corrected chi connectivity index (χ4v) is 2.65. The van der Waals surface area contributed by atoms with E-state index in [4.69, 9.17) is 9.15 Å². The van der Waals surface area contributed by atoms with Gasteiger partial charge in [-0.05, 0) is 57.7 Å². The van der Waals surface area contributed by atoms with Crippen LogP contribution in [0.25, 0.3) is 0 Å². The summed E-state index contributed by atoms with van der Waals surface area (Å²) < 4.78 is 11.4. The van der Waals surface area contributed by atoms with Gasteiger partial charge in [0.05, 0.1) is 12.1 Å². The second-order valence-corrected chi connectivity index (χ2v) is 5.12. The van der Waals surface area contributed by atoms with Crippen LogP contribution in [0.15, 0.2) is 16.5 Å². The number of hydrogen-bond donors (Lipinski definition) is 1. The van der Waals surface area contributed by atoms with Gasteiger partial charge in [-0.25, -0.2) is 0 Å². The molecule has 0 bridgehead atoms. The average molecular weight is 251 g/mol. The molecule has 3 heteroatoms. The molecule has 1 fully saturated rings. The van der Waals surface area contributed by atoms with E-state index in [2.05, 4.69) is 18.3 Å². The van der Waals surface area contributed by atoms with Crippen LogP contribution in [0.2, 0.25) is 0 Å². The monoisotopic (exact) mass is 251 g/mol. The van der Waals surface area contributed by atoms with Gasteiger partial charge < -0.3 is 14.5 Å². The van der Waals surface area contributed by atoms with Crippen LogP contribution in [0.1, 0.15) is 56.6 Å². The SMILES string of the molecule is CCNC(CCCC1CCCO1)c1ccc(C)o1. The smallest absolute Gasteiger partial charge is 0.121 e. The Balaban J connectivity index is 1.78. The minimum Gasteiger partial charge on any atom is -0.465 e. The average Bonchev–Trinajstić information content (AvgIpc) is 2.99. The van der Waals surface area contributed by atoms with Crippen molar-refractivity contribution in [1.29, 1.82) is 0 Å². The molecular weight excluding hydrogens is 226 g/mol. The third kappa shape index (κ3) is 3.85. The zero-order chi connectivity index (χ0) is 12.8. The summed E-state index contributed by atoms with van der Waals surface area (Å²) in [4.78, 5) is 0. The largest absolute Gasteiger partial charge is 0.465 e. The summed E-state index contributed by atoms with van der Waals surface area (Å²) in [5.74, 6) is 2.06. The van der Waals surface area contributed by atoms with Gasteiger partial charge in [-0.2, -0.15) is 0 Å². The van der Waals surface area contributed by atoms with Gasteiger partial charge in [0.2, 0.25) is 0 Å². The lowest BCUT2D eigenvalue weighted by molar-refractivity contribution is 0.101. The van der Waals surface area contributed by atoms with Gasteiger partial charge in [0.25, 0.3) is 0 Å². The molecule has 2 atom stereocenters. The van der Waals surface area contributed by atoms with Crippen LogP contribution < -0.4 is 5.32 Å². The van der Waals surface area contributed by atoms with Gasteiger partial charge >= 0.3 is 0 Å².